The van der Waals surface area contributed by atoms with Crippen molar-refractivity contribution in [2.75, 3.05) is 20.1 Å². The van der Waals surface area contributed by atoms with Crippen molar-refractivity contribution >= 4 is 5.91 Å². The lowest BCUT2D eigenvalue weighted by Crippen LogP contribution is -2.40. The summed E-state index contributed by atoms with van der Waals surface area (Å²) in [5.41, 5.74) is 0. The van der Waals surface area contributed by atoms with E-state index in [-0.39, 0.29) is 5.91 Å². The van der Waals surface area contributed by atoms with Gasteiger partial charge in [0, 0.05) is 12.6 Å². The van der Waals surface area contributed by atoms with Gasteiger partial charge in [-0.2, -0.15) is 5.26 Å². The largest absolute Gasteiger partial charge is 0.354 e. The van der Waals surface area contributed by atoms with Gasteiger partial charge in [-0.25, -0.2) is 0 Å². The smallest absolute Gasteiger partial charge is 0.234 e. The molecule has 1 aliphatic carbocycles. The monoisotopic (exact) mass is 237 g/mol. The molecule has 1 aliphatic rings. The average molecular weight is 237 g/mol. The first-order valence-electron chi connectivity index (χ1n) is 6.58. The van der Waals surface area contributed by atoms with Gasteiger partial charge < -0.3 is 5.32 Å². The molecule has 0 bridgehead atoms. The van der Waals surface area contributed by atoms with Gasteiger partial charge >= 0.3 is 0 Å². The molecule has 0 aromatic rings. The van der Waals surface area contributed by atoms with Crippen LogP contribution in [0.15, 0.2) is 0 Å². The van der Waals surface area contributed by atoms with Gasteiger partial charge in [-0.1, -0.05) is 25.7 Å². The minimum Gasteiger partial charge on any atom is -0.354 e. The number of nitriles is 1. The van der Waals surface area contributed by atoms with Gasteiger partial charge in [0.15, 0.2) is 0 Å². The maximum atomic E-state index is 11.6. The number of likely N-dealkylation sites (N-methyl/N-ethyl adjacent to an activating group) is 1. The molecular weight excluding hydrogens is 214 g/mol. The summed E-state index contributed by atoms with van der Waals surface area (Å²) < 4.78 is 0. The minimum atomic E-state index is 0.0343. The molecule has 0 atom stereocenters. The summed E-state index contributed by atoms with van der Waals surface area (Å²) in [5.74, 6) is 0.0343. The summed E-state index contributed by atoms with van der Waals surface area (Å²) in [6.45, 7) is 0.921. The molecule has 1 N–H and O–H groups in total. The molecule has 0 unspecified atom stereocenters. The third-order valence-electron chi connectivity index (χ3n) is 3.40. The first-order chi connectivity index (χ1) is 8.24. The van der Waals surface area contributed by atoms with Crippen molar-refractivity contribution in [1.82, 2.24) is 10.2 Å². The summed E-state index contributed by atoms with van der Waals surface area (Å²) in [4.78, 5) is 13.8. The maximum Gasteiger partial charge on any atom is 0.234 e. The van der Waals surface area contributed by atoms with E-state index in [9.17, 15) is 4.79 Å². The third kappa shape index (κ3) is 5.69. The number of hydrogen-bond donors (Lipinski definition) is 1. The normalized spacial score (nSPS) is 17.5. The van der Waals surface area contributed by atoms with Crippen molar-refractivity contribution in [3.05, 3.63) is 0 Å². The molecule has 0 radical (unpaired) electrons. The second-order valence-electron chi connectivity index (χ2n) is 4.82. The molecule has 4 heteroatoms. The first-order valence-corrected chi connectivity index (χ1v) is 6.58. The van der Waals surface area contributed by atoms with E-state index in [0.29, 0.717) is 25.6 Å². The van der Waals surface area contributed by atoms with Crippen LogP contribution in [0.5, 0.6) is 0 Å². The Morgan fingerprint density at radius 3 is 2.59 bits per heavy atom. The molecule has 0 aromatic heterocycles. The Morgan fingerprint density at radius 2 is 2.00 bits per heavy atom. The molecule has 1 rings (SSSR count). The molecule has 0 aliphatic heterocycles. The summed E-state index contributed by atoms with van der Waals surface area (Å²) in [5, 5.41) is 11.2. The highest BCUT2D eigenvalue weighted by molar-refractivity contribution is 5.77. The van der Waals surface area contributed by atoms with E-state index >= 15 is 0 Å². The van der Waals surface area contributed by atoms with Crippen LogP contribution in [0.1, 0.15) is 44.9 Å². The van der Waals surface area contributed by atoms with Crippen LogP contribution in [-0.4, -0.2) is 37.0 Å². The molecule has 0 aromatic carbocycles. The molecular formula is C13H23N3O. The second-order valence-corrected chi connectivity index (χ2v) is 4.82. The van der Waals surface area contributed by atoms with Crippen LogP contribution >= 0.6 is 0 Å². The Hall–Kier alpha value is -1.08. The van der Waals surface area contributed by atoms with E-state index in [4.69, 9.17) is 5.26 Å². The first kappa shape index (κ1) is 14.0. The topological polar surface area (TPSA) is 56.1 Å². The molecule has 1 fully saturated rings. The lowest BCUT2D eigenvalue weighted by molar-refractivity contribution is -0.122. The molecule has 1 amide bonds. The van der Waals surface area contributed by atoms with Crippen molar-refractivity contribution in [1.29, 1.82) is 5.26 Å². The molecule has 96 valence electrons. The Labute approximate surface area is 104 Å². The highest BCUT2D eigenvalue weighted by Gasteiger charge is 2.18. The fraction of sp³-hybridized carbons (Fsp3) is 0.846. The molecule has 1 saturated carbocycles. The molecule has 0 spiro atoms. The zero-order chi connectivity index (χ0) is 12.5. The highest BCUT2D eigenvalue weighted by atomic mass is 16.2. The standard InChI is InChI=1S/C13H23N3O/c1-16(11-13(17)15-10-6-9-14)12-7-4-2-3-5-8-12/h12H,2-8,10-11H2,1H3,(H,15,17). The number of hydrogen-bond acceptors (Lipinski definition) is 3. The van der Waals surface area contributed by atoms with Crippen molar-refractivity contribution in [3.63, 3.8) is 0 Å². The SMILES string of the molecule is CN(CC(=O)NCCC#N)C1CCCCCC1. The summed E-state index contributed by atoms with van der Waals surface area (Å²) in [6, 6.07) is 2.57. The van der Waals surface area contributed by atoms with Crippen molar-refractivity contribution in [2.45, 2.75) is 51.0 Å². The van der Waals surface area contributed by atoms with Gasteiger partial charge in [0.2, 0.25) is 5.91 Å². The number of carbonyl (C=O) groups is 1. The number of rotatable bonds is 5. The van der Waals surface area contributed by atoms with Gasteiger partial charge in [0.1, 0.15) is 0 Å². The van der Waals surface area contributed by atoms with Crippen molar-refractivity contribution in [3.8, 4) is 6.07 Å². The van der Waals surface area contributed by atoms with Crippen molar-refractivity contribution in [2.24, 2.45) is 0 Å². The van der Waals surface area contributed by atoms with Gasteiger partial charge in [-0.3, -0.25) is 9.69 Å². The summed E-state index contributed by atoms with van der Waals surface area (Å²) in [6.07, 6.45) is 8.04. The quantitative estimate of drug-likeness (QED) is 0.584. The van der Waals surface area contributed by atoms with E-state index in [2.05, 4.69) is 10.2 Å². The Bertz CT molecular complexity index is 264. The van der Waals surface area contributed by atoms with Crippen LogP contribution in [0.3, 0.4) is 0 Å². The van der Waals surface area contributed by atoms with Crippen LogP contribution in [-0.2, 0) is 4.79 Å². The lowest BCUT2D eigenvalue weighted by Gasteiger charge is -2.26. The van der Waals surface area contributed by atoms with Crippen LogP contribution in [0.4, 0.5) is 0 Å². The predicted molar refractivity (Wildman–Crippen MR) is 67.4 cm³/mol. The second kappa shape index (κ2) is 8.08. The van der Waals surface area contributed by atoms with E-state index < -0.39 is 0 Å². The predicted octanol–water partition coefficient (Wildman–Crippen LogP) is 1.67. The number of amides is 1. The fourth-order valence-electron chi connectivity index (χ4n) is 2.37. The van der Waals surface area contributed by atoms with Gasteiger partial charge in [-0.05, 0) is 19.9 Å². The van der Waals surface area contributed by atoms with Crippen molar-refractivity contribution < 1.29 is 4.79 Å². The zero-order valence-corrected chi connectivity index (χ0v) is 10.7. The average Bonchev–Trinajstić information content (AvgIpc) is 2.57. The summed E-state index contributed by atoms with van der Waals surface area (Å²) in [7, 11) is 2.03. The van der Waals surface area contributed by atoms with E-state index in [1.807, 2.05) is 13.1 Å². The fourth-order valence-corrected chi connectivity index (χ4v) is 2.37. The van der Waals surface area contributed by atoms with E-state index in [0.717, 1.165) is 0 Å². The zero-order valence-electron chi connectivity index (χ0n) is 10.7. The van der Waals surface area contributed by atoms with Gasteiger partial charge in [0.05, 0.1) is 19.0 Å². The van der Waals surface area contributed by atoms with Gasteiger partial charge in [0.25, 0.3) is 0 Å². The summed E-state index contributed by atoms with van der Waals surface area (Å²) >= 11 is 0. The number of nitrogens with zero attached hydrogens (tertiary/aromatic N) is 2. The highest BCUT2D eigenvalue weighted by Crippen LogP contribution is 2.20. The molecule has 0 saturated heterocycles. The third-order valence-corrected chi connectivity index (χ3v) is 3.40. The van der Waals surface area contributed by atoms with Crippen LogP contribution in [0, 0.1) is 11.3 Å². The lowest BCUT2D eigenvalue weighted by atomic mass is 10.1. The molecule has 4 nitrogen and oxygen atoms in total. The Kier molecular flexibility index (Phi) is 6.64. The minimum absolute atomic E-state index is 0.0343. The Morgan fingerprint density at radius 1 is 1.35 bits per heavy atom. The van der Waals surface area contributed by atoms with Crippen LogP contribution in [0.25, 0.3) is 0 Å². The molecule has 0 heterocycles. The number of carbonyl (C=O) groups excluding carboxylic acids is 1. The maximum absolute atomic E-state index is 11.6. The van der Waals surface area contributed by atoms with Gasteiger partial charge in [-0.15, -0.1) is 0 Å². The Balaban J connectivity index is 2.24. The number of nitrogens with one attached hydrogen (secondary N) is 1. The van der Waals surface area contributed by atoms with E-state index in [1.54, 1.807) is 0 Å². The molecule has 17 heavy (non-hydrogen) atoms. The van der Waals surface area contributed by atoms with Crippen LogP contribution < -0.4 is 5.32 Å². The van der Waals surface area contributed by atoms with Crippen LogP contribution in [0.2, 0.25) is 0 Å². The van der Waals surface area contributed by atoms with E-state index in [1.165, 1.54) is 38.5 Å².